The first-order valence-corrected chi connectivity index (χ1v) is 9.31. The summed E-state index contributed by atoms with van der Waals surface area (Å²) in [6, 6.07) is 11.3. The van der Waals surface area contributed by atoms with Gasteiger partial charge in [0.25, 0.3) is 0 Å². The van der Waals surface area contributed by atoms with Gasteiger partial charge < -0.3 is 26.0 Å². The fraction of sp³-hybridized carbons (Fsp3) is 0.333. The van der Waals surface area contributed by atoms with Gasteiger partial charge in [-0.2, -0.15) is 0 Å². The van der Waals surface area contributed by atoms with Crippen molar-refractivity contribution >= 4 is 28.9 Å². The molecule has 28 heavy (non-hydrogen) atoms. The molecule has 1 aliphatic heterocycles. The highest BCUT2D eigenvalue weighted by Gasteiger charge is 2.20. The number of hydrogen-bond donors (Lipinski definition) is 3. The van der Waals surface area contributed by atoms with Crippen LogP contribution in [-0.4, -0.2) is 38.6 Å². The van der Waals surface area contributed by atoms with E-state index in [1.165, 1.54) is 0 Å². The number of hydrogen-bond acceptors (Lipinski definition) is 5. The lowest BCUT2D eigenvalue weighted by Crippen LogP contribution is -2.42. The summed E-state index contributed by atoms with van der Waals surface area (Å²) in [4.78, 5) is 26.6. The monoisotopic (exact) mass is 382 g/mol. The van der Waals surface area contributed by atoms with E-state index in [4.69, 9.17) is 10.5 Å². The number of rotatable bonds is 6. The number of amides is 2. The smallest absolute Gasteiger partial charge is 0.243 e. The number of anilines is 3. The standard InChI is InChI=1S/C21H26N4O3/c1-14-8-9-19(28-2)17(11-14)24-20(26)12-23-21(27)13-25-10-4-5-15-16(22)6-3-7-18(15)25/h3,6-9,11H,4-5,10,12-13,22H2,1-2H3,(H,23,27)(H,24,26). The highest BCUT2D eigenvalue weighted by Crippen LogP contribution is 2.30. The molecule has 3 rings (SSSR count). The number of aryl methyl sites for hydroxylation is 1. The van der Waals surface area contributed by atoms with Crippen LogP contribution in [0.3, 0.4) is 0 Å². The molecule has 7 nitrogen and oxygen atoms in total. The minimum Gasteiger partial charge on any atom is -0.495 e. The van der Waals surface area contributed by atoms with E-state index >= 15 is 0 Å². The number of nitrogens with one attached hydrogen (secondary N) is 2. The van der Waals surface area contributed by atoms with Crippen LogP contribution in [0.2, 0.25) is 0 Å². The van der Waals surface area contributed by atoms with Gasteiger partial charge in [0.2, 0.25) is 11.8 Å². The van der Waals surface area contributed by atoms with Crippen LogP contribution in [0.15, 0.2) is 36.4 Å². The van der Waals surface area contributed by atoms with Crippen LogP contribution in [0.1, 0.15) is 17.5 Å². The third-order valence-electron chi connectivity index (χ3n) is 4.79. The summed E-state index contributed by atoms with van der Waals surface area (Å²) in [6.07, 6.45) is 1.86. The summed E-state index contributed by atoms with van der Waals surface area (Å²) in [5, 5.41) is 5.46. The van der Waals surface area contributed by atoms with Crippen LogP contribution in [0.25, 0.3) is 0 Å². The lowest BCUT2D eigenvalue weighted by atomic mass is 10.00. The van der Waals surface area contributed by atoms with Gasteiger partial charge in [-0.3, -0.25) is 9.59 Å². The first kappa shape index (κ1) is 19.5. The third-order valence-corrected chi connectivity index (χ3v) is 4.79. The molecule has 148 valence electrons. The predicted octanol–water partition coefficient (Wildman–Crippen LogP) is 2.09. The number of nitrogens with two attached hydrogens (primary N) is 1. The van der Waals surface area contributed by atoms with Crippen molar-refractivity contribution in [3.8, 4) is 5.75 Å². The molecule has 0 atom stereocenters. The van der Waals surface area contributed by atoms with Gasteiger partial charge in [-0.15, -0.1) is 0 Å². The quantitative estimate of drug-likeness (QED) is 0.665. The fourth-order valence-electron chi connectivity index (χ4n) is 3.41. The SMILES string of the molecule is COc1ccc(C)cc1NC(=O)CNC(=O)CN1CCCc2c(N)cccc21. The lowest BCUT2D eigenvalue weighted by Gasteiger charge is -2.31. The maximum Gasteiger partial charge on any atom is 0.243 e. The van der Waals surface area contributed by atoms with E-state index in [0.717, 1.165) is 41.9 Å². The van der Waals surface area contributed by atoms with Gasteiger partial charge in [0, 0.05) is 17.9 Å². The number of nitrogens with zero attached hydrogens (tertiary/aromatic N) is 1. The Hall–Kier alpha value is -3.22. The first-order valence-electron chi connectivity index (χ1n) is 9.31. The Kier molecular flexibility index (Phi) is 6.03. The summed E-state index contributed by atoms with van der Waals surface area (Å²) >= 11 is 0. The largest absolute Gasteiger partial charge is 0.495 e. The number of benzene rings is 2. The number of fused-ring (bicyclic) bond motifs is 1. The topological polar surface area (TPSA) is 96.7 Å². The highest BCUT2D eigenvalue weighted by atomic mass is 16.5. The Morgan fingerprint density at radius 3 is 2.82 bits per heavy atom. The van der Waals surface area contributed by atoms with Crippen molar-refractivity contribution in [3.63, 3.8) is 0 Å². The molecule has 2 amide bonds. The van der Waals surface area contributed by atoms with Gasteiger partial charge in [-0.25, -0.2) is 0 Å². The molecule has 2 aromatic carbocycles. The molecule has 7 heteroatoms. The molecule has 0 unspecified atom stereocenters. The van der Waals surface area contributed by atoms with E-state index in [-0.39, 0.29) is 24.9 Å². The highest BCUT2D eigenvalue weighted by molar-refractivity contribution is 5.96. The fourth-order valence-corrected chi connectivity index (χ4v) is 3.41. The van der Waals surface area contributed by atoms with Crippen LogP contribution in [0, 0.1) is 6.92 Å². The van der Waals surface area contributed by atoms with Gasteiger partial charge in [-0.1, -0.05) is 12.1 Å². The summed E-state index contributed by atoms with van der Waals surface area (Å²) in [5.74, 6) is 0.0648. The van der Waals surface area contributed by atoms with Crippen molar-refractivity contribution in [2.75, 3.05) is 42.7 Å². The zero-order chi connectivity index (χ0) is 20.1. The van der Waals surface area contributed by atoms with Gasteiger partial charge >= 0.3 is 0 Å². The molecular formula is C21H26N4O3. The average Bonchev–Trinajstić information content (AvgIpc) is 2.67. The number of carbonyl (C=O) groups is 2. The van der Waals surface area contributed by atoms with E-state index < -0.39 is 0 Å². The van der Waals surface area contributed by atoms with Crippen molar-refractivity contribution in [1.29, 1.82) is 0 Å². The second-order valence-electron chi connectivity index (χ2n) is 6.90. The molecule has 0 aromatic heterocycles. The predicted molar refractivity (Wildman–Crippen MR) is 111 cm³/mol. The van der Waals surface area contributed by atoms with Crippen LogP contribution in [-0.2, 0) is 16.0 Å². The van der Waals surface area contributed by atoms with Gasteiger partial charge in [0.1, 0.15) is 5.75 Å². The van der Waals surface area contributed by atoms with Gasteiger partial charge in [0.05, 0.1) is 25.9 Å². The Balaban J connectivity index is 1.55. The van der Waals surface area contributed by atoms with Crippen molar-refractivity contribution in [3.05, 3.63) is 47.5 Å². The Morgan fingerprint density at radius 2 is 2.04 bits per heavy atom. The van der Waals surface area contributed by atoms with E-state index in [1.54, 1.807) is 13.2 Å². The van der Waals surface area contributed by atoms with Crippen LogP contribution < -0.4 is 26.0 Å². The normalized spacial score (nSPS) is 12.9. The molecule has 2 aromatic rings. The summed E-state index contributed by atoms with van der Waals surface area (Å²) < 4.78 is 5.25. The molecule has 0 aliphatic carbocycles. The van der Waals surface area contributed by atoms with E-state index in [2.05, 4.69) is 10.6 Å². The van der Waals surface area contributed by atoms with E-state index in [0.29, 0.717) is 11.4 Å². The second kappa shape index (κ2) is 8.65. The number of methoxy groups -OCH3 is 1. The lowest BCUT2D eigenvalue weighted by molar-refractivity contribution is -0.123. The van der Waals surface area contributed by atoms with Crippen LogP contribution >= 0.6 is 0 Å². The molecular weight excluding hydrogens is 356 g/mol. The van der Waals surface area contributed by atoms with Crippen LogP contribution in [0.4, 0.5) is 17.1 Å². The molecule has 4 N–H and O–H groups in total. The van der Waals surface area contributed by atoms with Gasteiger partial charge in [-0.05, 0) is 55.2 Å². The molecule has 1 heterocycles. The molecule has 1 aliphatic rings. The molecule has 0 fully saturated rings. The van der Waals surface area contributed by atoms with E-state index in [1.807, 2.05) is 42.2 Å². The number of ether oxygens (including phenoxy) is 1. The number of carbonyl (C=O) groups excluding carboxylic acids is 2. The van der Waals surface area contributed by atoms with Crippen LogP contribution in [0.5, 0.6) is 5.75 Å². The van der Waals surface area contributed by atoms with Crippen molar-refractivity contribution in [2.24, 2.45) is 0 Å². The third kappa shape index (κ3) is 4.54. The summed E-state index contributed by atoms with van der Waals surface area (Å²) in [6.45, 7) is 2.81. The molecule has 0 bridgehead atoms. The van der Waals surface area contributed by atoms with Crippen molar-refractivity contribution in [2.45, 2.75) is 19.8 Å². The number of nitrogen functional groups attached to an aromatic ring is 1. The summed E-state index contributed by atoms with van der Waals surface area (Å²) in [5.41, 5.74) is 10.5. The first-order chi connectivity index (χ1) is 13.5. The maximum absolute atomic E-state index is 12.4. The Labute approximate surface area is 164 Å². The molecule has 0 saturated heterocycles. The summed E-state index contributed by atoms with van der Waals surface area (Å²) in [7, 11) is 1.55. The average molecular weight is 382 g/mol. The molecule has 0 saturated carbocycles. The molecule has 0 spiro atoms. The Morgan fingerprint density at radius 1 is 1.21 bits per heavy atom. The van der Waals surface area contributed by atoms with E-state index in [9.17, 15) is 9.59 Å². The van der Waals surface area contributed by atoms with Gasteiger partial charge in [0.15, 0.2) is 0 Å². The molecule has 0 radical (unpaired) electrons. The maximum atomic E-state index is 12.4. The zero-order valence-electron chi connectivity index (χ0n) is 16.2. The van der Waals surface area contributed by atoms with Crippen molar-refractivity contribution < 1.29 is 14.3 Å². The minimum absolute atomic E-state index is 0.104. The minimum atomic E-state index is -0.305. The Bertz CT molecular complexity index is 882. The van der Waals surface area contributed by atoms with Crippen molar-refractivity contribution in [1.82, 2.24) is 5.32 Å². The second-order valence-corrected chi connectivity index (χ2v) is 6.90. The zero-order valence-corrected chi connectivity index (χ0v) is 16.2.